The lowest BCUT2D eigenvalue weighted by Crippen LogP contribution is -2.50. The Kier molecular flexibility index (Phi) is 2.99. The van der Waals surface area contributed by atoms with E-state index in [9.17, 15) is 4.79 Å². The number of hydrogen-bond donors (Lipinski definition) is 0. The second-order valence-electron chi connectivity index (χ2n) is 4.78. The summed E-state index contributed by atoms with van der Waals surface area (Å²) < 4.78 is 10.9. The van der Waals surface area contributed by atoms with Gasteiger partial charge in [-0.3, -0.25) is 9.69 Å². The van der Waals surface area contributed by atoms with Crippen molar-refractivity contribution in [3.8, 4) is 0 Å². The number of hydrogen-bond acceptors (Lipinski definition) is 4. The lowest BCUT2D eigenvalue weighted by molar-refractivity contribution is -0.0523. The van der Waals surface area contributed by atoms with Crippen LogP contribution in [-0.2, 0) is 4.74 Å². The third kappa shape index (κ3) is 2.15. The van der Waals surface area contributed by atoms with Gasteiger partial charge in [0.05, 0.1) is 25.5 Å². The Balaban J connectivity index is 1.66. The van der Waals surface area contributed by atoms with E-state index in [0.29, 0.717) is 24.5 Å². The van der Waals surface area contributed by atoms with Crippen molar-refractivity contribution in [3.05, 3.63) is 24.2 Å². The second-order valence-corrected chi connectivity index (χ2v) is 4.78. The molecule has 0 amide bonds. The highest BCUT2D eigenvalue weighted by Crippen LogP contribution is 2.29. The highest BCUT2D eigenvalue weighted by molar-refractivity contribution is 5.95. The number of fused-ring (bicyclic) bond motifs is 1. The van der Waals surface area contributed by atoms with Gasteiger partial charge in [-0.05, 0) is 31.4 Å². The lowest BCUT2D eigenvalue weighted by atomic mass is 10.1. The highest BCUT2D eigenvalue weighted by Gasteiger charge is 2.36. The van der Waals surface area contributed by atoms with Gasteiger partial charge in [-0.2, -0.15) is 0 Å². The van der Waals surface area contributed by atoms with E-state index in [4.69, 9.17) is 9.15 Å². The van der Waals surface area contributed by atoms with Crippen molar-refractivity contribution in [1.82, 2.24) is 4.90 Å². The Morgan fingerprint density at radius 3 is 3.24 bits per heavy atom. The van der Waals surface area contributed by atoms with E-state index >= 15 is 0 Å². The van der Waals surface area contributed by atoms with Gasteiger partial charge in [0.25, 0.3) is 0 Å². The SMILES string of the molecule is O=C(CN1CCOC2CCCC21)c1ccco1. The Labute approximate surface area is 101 Å². The smallest absolute Gasteiger partial charge is 0.211 e. The van der Waals surface area contributed by atoms with Crippen LogP contribution in [0.25, 0.3) is 0 Å². The van der Waals surface area contributed by atoms with Crippen molar-refractivity contribution in [3.63, 3.8) is 0 Å². The molecule has 2 heterocycles. The fraction of sp³-hybridized carbons (Fsp3) is 0.615. The van der Waals surface area contributed by atoms with E-state index in [2.05, 4.69) is 4.90 Å². The van der Waals surface area contributed by atoms with Crippen LogP contribution >= 0.6 is 0 Å². The molecule has 0 aromatic carbocycles. The number of rotatable bonds is 3. The van der Waals surface area contributed by atoms with Crippen molar-refractivity contribution in [1.29, 1.82) is 0 Å². The molecule has 4 nitrogen and oxygen atoms in total. The van der Waals surface area contributed by atoms with Crippen LogP contribution in [0.5, 0.6) is 0 Å². The minimum atomic E-state index is 0.0718. The van der Waals surface area contributed by atoms with Gasteiger partial charge in [-0.15, -0.1) is 0 Å². The topological polar surface area (TPSA) is 42.7 Å². The molecule has 92 valence electrons. The summed E-state index contributed by atoms with van der Waals surface area (Å²) in [6.45, 7) is 2.05. The number of morpholine rings is 1. The van der Waals surface area contributed by atoms with E-state index < -0.39 is 0 Å². The molecule has 0 bridgehead atoms. The van der Waals surface area contributed by atoms with Gasteiger partial charge in [0.1, 0.15) is 0 Å². The summed E-state index contributed by atoms with van der Waals surface area (Å²) in [5.74, 6) is 0.536. The van der Waals surface area contributed by atoms with E-state index in [1.54, 1.807) is 18.4 Å². The number of ether oxygens (including phenoxy) is 1. The summed E-state index contributed by atoms with van der Waals surface area (Å²) in [6, 6.07) is 3.92. The monoisotopic (exact) mass is 235 g/mol. The van der Waals surface area contributed by atoms with Gasteiger partial charge in [-0.25, -0.2) is 0 Å². The van der Waals surface area contributed by atoms with Crippen LogP contribution in [0, 0.1) is 0 Å². The average Bonchev–Trinajstić information content (AvgIpc) is 3.00. The first-order valence-corrected chi connectivity index (χ1v) is 6.27. The minimum absolute atomic E-state index is 0.0718. The first kappa shape index (κ1) is 11.0. The van der Waals surface area contributed by atoms with Gasteiger partial charge in [-0.1, -0.05) is 0 Å². The Morgan fingerprint density at radius 2 is 2.41 bits per heavy atom. The number of carbonyl (C=O) groups is 1. The molecule has 0 spiro atoms. The van der Waals surface area contributed by atoms with Gasteiger partial charge in [0.2, 0.25) is 5.78 Å². The molecule has 0 radical (unpaired) electrons. The predicted molar refractivity (Wildman–Crippen MR) is 62.0 cm³/mol. The molecule has 3 rings (SSSR count). The van der Waals surface area contributed by atoms with Crippen LogP contribution in [0.1, 0.15) is 29.8 Å². The molecule has 17 heavy (non-hydrogen) atoms. The molecular formula is C13H17NO3. The van der Waals surface area contributed by atoms with Crippen molar-refractivity contribution in [2.24, 2.45) is 0 Å². The van der Waals surface area contributed by atoms with Crippen molar-refractivity contribution in [2.45, 2.75) is 31.4 Å². The van der Waals surface area contributed by atoms with Crippen molar-refractivity contribution < 1.29 is 13.9 Å². The quantitative estimate of drug-likeness (QED) is 0.748. The molecule has 1 aliphatic heterocycles. The molecule has 1 aromatic rings. The Hall–Kier alpha value is -1.13. The summed E-state index contributed by atoms with van der Waals surface area (Å²) in [6.07, 6.45) is 5.38. The summed E-state index contributed by atoms with van der Waals surface area (Å²) in [7, 11) is 0. The van der Waals surface area contributed by atoms with Gasteiger partial charge < -0.3 is 9.15 Å². The first-order chi connectivity index (χ1) is 8.34. The maximum absolute atomic E-state index is 12.0. The largest absolute Gasteiger partial charge is 0.461 e. The molecule has 1 aromatic heterocycles. The Bertz CT molecular complexity index is 387. The van der Waals surface area contributed by atoms with Crippen LogP contribution in [0.3, 0.4) is 0 Å². The number of ketones is 1. The number of Topliss-reactive ketones (excluding diaryl/α,β-unsaturated/α-hetero) is 1. The average molecular weight is 235 g/mol. The molecular weight excluding hydrogens is 218 g/mol. The van der Waals surface area contributed by atoms with E-state index in [-0.39, 0.29) is 5.78 Å². The van der Waals surface area contributed by atoms with Crippen molar-refractivity contribution in [2.75, 3.05) is 19.7 Å². The summed E-state index contributed by atoms with van der Waals surface area (Å²) in [4.78, 5) is 14.2. The molecule has 4 heteroatoms. The fourth-order valence-electron chi connectivity index (χ4n) is 2.90. The molecule has 2 fully saturated rings. The van der Waals surface area contributed by atoms with Gasteiger partial charge >= 0.3 is 0 Å². The lowest BCUT2D eigenvalue weighted by Gasteiger charge is -2.36. The van der Waals surface area contributed by atoms with Gasteiger partial charge in [0, 0.05) is 12.6 Å². The molecule has 1 saturated heterocycles. The molecule has 2 atom stereocenters. The van der Waals surface area contributed by atoms with Crippen molar-refractivity contribution >= 4 is 5.78 Å². The summed E-state index contributed by atoms with van der Waals surface area (Å²) >= 11 is 0. The van der Waals surface area contributed by atoms with Crippen LogP contribution in [0.4, 0.5) is 0 Å². The van der Waals surface area contributed by atoms with E-state index in [1.807, 2.05) is 0 Å². The number of carbonyl (C=O) groups excluding carboxylic acids is 1. The zero-order chi connectivity index (χ0) is 11.7. The maximum Gasteiger partial charge on any atom is 0.211 e. The van der Waals surface area contributed by atoms with E-state index in [0.717, 1.165) is 26.0 Å². The minimum Gasteiger partial charge on any atom is -0.461 e. The molecule has 2 aliphatic rings. The molecule has 1 saturated carbocycles. The third-order valence-corrected chi connectivity index (χ3v) is 3.74. The normalized spacial score (nSPS) is 29.2. The third-order valence-electron chi connectivity index (χ3n) is 3.74. The fourth-order valence-corrected chi connectivity index (χ4v) is 2.90. The van der Waals surface area contributed by atoms with Crippen LogP contribution in [0.2, 0.25) is 0 Å². The van der Waals surface area contributed by atoms with Crippen LogP contribution in [-0.4, -0.2) is 42.5 Å². The van der Waals surface area contributed by atoms with Gasteiger partial charge in [0.15, 0.2) is 5.76 Å². The zero-order valence-electron chi connectivity index (χ0n) is 9.80. The number of nitrogens with zero attached hydrogens (tertiary/aromatic N) is 1. The van der Waals surface area contributed by atoms with E-state index in [1.165, 1.54) is 6.42 Å². The standard InChI is InChI=1S/C13H17NO3/c15-11(13-5-2-7-16-13)9-14-6-8-17-12-4-1-3-10(12)14/h2,5,7,10,12H,1,3-4,6,8-9H2. The number of furan rings is 1. The highest BCUT2D eigenvalue weighted by atomic mass is 16.5. The second kappa shape index (κ2) is 4.63. The first-order valence-electron chi connectivity index (χ1n) is 6.27. The maximum atomic E-state index is 12.0. The molecule has 0 N–H and O–H groups in total. The molecule has 1 aliphatic carbocycles. The van der Waals surface area contributed by atoms with Crippen LogP contribution in [0.15, 0.2) is 22.8 Å². The van der Waals surface area contributed by atoms with Crippen LogP contribution < -0.4 is 0 Å². The summed E-state index contributed by atoms with van der Waals surface area (Å²) in [5.41, 5.74) is 0. The zero-order valence-corrected chi connectivity index (χ0v) is 9.80. The summed E-state index contributed by atoms with van der Waals surface area (Å²) in [5, 5.41) is 0. The predicted octanol–water partition coefficient (Wildman–Crippen LogP) is 1.72. The molecule has 2 unspecified atom stereocenters. The Morgan fingerprint density at radius 1 is 1.47 bits per heavy atom.